The average molecular weight is 376 g/mol. The van der Waals surface area contributed by atoms with E-state index in [0.717, 1.165) is 23.4 Å². The predicted octanol–water partition coefficient (Wildman–Crippen LogP) is 5.17. The van der Waals surface area contributed by atoms with Crippen LogP contribution < -0.4 is 4.90 Å². The third-order valence-corrected chi connectivity index (χ3v) is 4.54. The van der Waals surface area contributed by atoms with Crippen molar-refractivity contribution in [3.05, 3.63) is 83.9 Å². The van der Waals surface area contributed by atoms with E-state index in [1.165, 1.54) is 24.3 Å². The third kappa shape index (κ3) is 3.55. The molecule has 2 heterocycles. The van der Waals surface area contributed by atoms with E-state index in [1.807, 2.05) is 17.2 Å². The number of aromatic nitrogens is 1. The molecule has 0 aliphatic carbocycles. The van der Waals surface area contributed by atoms with Gasteiger partial charge in [0.05, 0.1) is 12.2 Å². The van der Waals surface area contributed by atoms with Crippen molar-refractivity contribution in [2.75, 3.05) is 18.1 Å². The fourth-order valence-corrected chi connectivity index (χ4v) is 3.19. The molecule has 4 rings (SSSR count). The molecule has 7 heteroatoms. The number of rotatable bonds is 3. The van der Waals surface area contributed by atoms with E-state index in [0.29, 0.717) is 18.8 Å². The van der Waals surface area contributed by atoms with Crippen molar-refractivity contribution in [3.63, 3.8) is 0 Å². The number of alkyl halides is 3. The summed E-state index contributed by atoms with van der Waals surface area (Å²) in [5.41, 5.74) is 1.67. The van der Waals surface area contributed by atoms with Crippen molar-refractivity contribution in [1.82, 2.24) is 4.57 Å². The lowest BCUT2D eigenvalue weighted by Crippen LogP contribution is -2.22. The molecule has 0 N–H and O–H groups in total. The van der Waals surface area contributed by atoms with Gasteiger partial charge < -0.3 is 14.2 Å². The summed E-state index contributed by atoms with van der Waals surface area (Å²) < 4.78 is 58.9. The molecule has 1 aliphatic rings. The molecule has 1 aromatic heterocycles. The Morgan fingerprint density at radius 3 is 2.22 bits per heavy atom. The number of halogens is 4. The first kappa shape index (κ1) is 17.6. The lowest BCUT2D eigenvalue weighted by atomic mass is 10.2. The van der Waals surface area contributed by atoms with Gasteiger partial charge in [0.15, 0.2) is 6.23 Å². The van der Waals surface area contributed by atoms with E-state index >= 15 is 0 Å². The van der Waals surface area contributed by atoms with Gasteiger partial charge in [-0.2, -0.15) is 13.2 Å². The summed E-state index contributed by atoms with van der Waals surface area (Å²) in [5, 5.41) is 0. The first-order valence-electron chi connectivity index (χ1n) is 8.41. The van der Waals surface area contributed by atoms with Gasteiger partial charge >= 0.3 is 6.18 Å². The van der Waals surface area contributed by atoms with Gasteiger partial charge in [0, 0.05) is 35.9 Å². The lowest BCUT2D eigenvalue weighted by molar-refractivity contribution is -0.137. The van der Waals surface area contributed by atoms with Gasteiger partial charge in [-0.3, -0.25) is 0 Å². The monoisotopic (exact) mass is 376 g/mol. The standard InChI is InChI=1S/C20H16F4N2O/c21-16-3-7-18(8-4-16)26-11-12-27-19(26)14-9-10-25(13-14)17-5-1-15(2-6-17)20(22,23)24/h1-10,13,19H,11-12H2/t19-/m1/s1. The van der Waals surface area contributed by atoms with Crippen molar-refractivity contribution in [2.45, 2.75) is 12.4 Å². The van der Waals surface area contributed by atoms with Gasteiger partial charge in [0.2, 0.25) is 0 Å². The van der Waals surface area contributed by atoms with Crippen LogP contribution in [0, 0.1) is 5.82 Å². The number of hydrogen-bond acceptors (Lipinski definition) is 2. The second-order valence-corrected chi connectivity index (χ2v) is 6.29. The molecular formula is C20H16F4N2O. The summed E-state index contributed by atoms with van der Waals surface area (Å²) in [6.07, 6.45) is -1.07. The molecule has 1 saturated heterocycles. The van der Waals surface area contributed by atoms with Crippen LogP contribution in [0.15, 0.2) is 67.0 Å². The van der Waals surface area contributed by atoms with E-state index < -0.39 is 11.7 Å². The molecule has 3 nitrogen and oxygen atoms in total. The van der Waals surface area contributed by atoms with Crippen LogP contribution in [0.4, 0.5) is 23.2 Å². The maximum Gasteiger partial charge on any atom is 0.416 e. The Balaban J connectivity index is 1.57. The smallest absolute Gasteiger partial charge is 0.352 e. The van der Waals surface area contributed by atoms with Crippen molar-refractivity contribution < 1.29 is 22.3 Å². The molecule has 0 saturated carbocycles. The molecule has 1 aliphatic heterocycles. The maximum absolute atomic E-state index is 13.2. The van der Waals surface area contributed by atoms with Crippen LogP contribution in [0.5, 0.6) is 0 Å². The molecule has 2 aromatic carbocycles. The van der Waals surface area contributed by atoms with E-state index in [4.69, 9.17) is 4.74 Å². The quantitative estimate of drug-likeness (QED) is 0.587. The number of nitrogens with zero attached hydrogens (tertiary/aromatic N) is 2. The normalized spacial score (nSPS) is 17.5. The van der Waals surface area contributed by atoms with Crippen LogP contribution >= 0.6 is 0 Å². The van der Waals surface area contributed by atoms with Gasteiger partial charge in [-0.05, 0) is 54.6 Å². The van der Waals surface area contributed by atoms with Crippen LogP contribution in [0.2, 0.25) is 0 Å². The third-order valence-electron chi connectivity index (χ3n) is 4.54. The summed E-state index contributed by atoms with van der Waals surface area (Å²) in [4.78, 5) is 2.02. The minimum Gasteiger partial charge on any atom is -0.352 e. The fraction of sp³-hybridized carbons (Fsp3) is 0.200. The first-order valence-corrected chi connectivity index (χ1v) is 8.41. The molecular weight excluding hydrogens is 360 g/mol. The van der Waals surface area contributed by atoms with Gasteiger partial charge in [0.25, 0.3) is 0 Å². The maximum atomic E-state index is 13.2. The van der Waals surface area contributed by atoms with Crippen LogP contribution in [0.1, 0.15) is 17.4 Å². The Kier molecular flexibility index (Phi) is 4.39. The Morgan fingerprint density at radius 1 is 0.889 bits per heavy atom. The fourth-order valence-electron chi connectivity index (χ4n) is 3.19. The van der Waals surface area contributed by atoms with E-state index in [9.17, 15) is 17.6 Å². The average Bonchev–Trinajstić information content (AvgIpc) is 3.31. The topological polar surface area (TPSA) is 17.4 Å². The van der Waals surface area contributed by atoms with Crippen molar-refractivity contribution in [3.8, 4) is 5.69 Å². The van der Waals surface area contributed by atoms with E-state index in [1.54, 1.807) is 22.9 Å². The largest absolute Gasteiger partial charge is 0.416 e. The zero-order valence-corrected chi connectivity index (χ0v) is 14.2. The second kappa shape index (κ2) is 6.74. The van der Waals surface area contributed by atoms with Gasteiger partial charge in [-0.1, -0.05) is 0 Å². The highest BCUT2D eigenvalue weighted by molar-refractivity contribution is 5.49. The van der Waals surface area contributed by atoms with Crippen LogP contribution in [0.25, 0.3) is 5.69 Å². The second-order valence-electron chi connectivity index (χ2n) is 6.29. The molecule has 140 valence electrons. The summed E-state index contributed by atoms with van der Waals surface area (Å²) >= 11 is 0. The van der Waals surface area contributed by atoms with Gasteiger partial charge in [-0.25, -0.2) is 4.39 Å². The SMILES string of the molecule is Fc1ccc(N2CCO[C@@H]2c2ccn(-c3ccc(C(F)(F)F)cc3)c2)cc1. The number of anilines is 1. The molecule has 0 unspecified atom stereocenters. The summed E-state index contributed by atoms with van der Waals surface area (Å²) in [7, 11) is 0. The highest BCUT2D eigenvalue weighted by Gasteiger charge is 2.30. The predicted molar refractivity (Wildman–Crippen MR) is 93.2 cm³/mol. The highest BCUT2D eigenvalue weighted by atomic mass is 19.4. The lowest BCUT2D eigenvalue weighted by Gasteiger charge is -2.24. The molecule has 1 fully saturated rings. The van der Waals surface area contributed by atoms with E-state index in [-0.39, 0.29) is 12.0 Å². The zero-order valence-electron chi connectivity index (χ0n) is 14.2. The molecule has 0 amide bonds. The Labute approximate surface area is 153 Å². The van der Waals surface area contributed by atoms with Crippen LogP contribution in [-0.4, -0.2) is 17.7 Å². The van der Waals surface area contributed by atoms with E-state index in [2.05, 4.69) is 0 Å². The Morgan fingerprint density at radius 2 is 1.56 bits per heavy atom. The molecule has 0 bridgehead atoms. The van der Waals surface area contributed by atoms with Gasteiger partial charge in [0.1, 0.15) is 5.82 Å². The zero-order chi connectivity index (χ0) is 19.0. The molecule has 0 spiro atoms. The summed E-state index contributed by atoms with van der Waals surface area (Å²) in [6.45, 7) is 1.20. The van der Waals surface area contributed by atoms with Crippen molar-refractivity contribution >= 4 is 5.69 Å². The number of ether oxygens (including phenoxy) is 1. The molecule has 1 atom stereocenters. The first-order chi connectivity index (χ1) is 12.9. The number of benzene rings is 2. The van der Waals surface area contributed by atoms with Crippen LogP contribution in [0.3, 0.4) is 0 Å². The minimum atomic E-state index is -4.35. The minimum absolute atomic E-state index is 0.302. The molecule has 0 radical (unpaired) electrons. The van der Waals surface area contributed by atoms with Crippen molar-refractivity contribution in [1.29, 1.82) is 0 Å². The molecule has 27 heavy (non-hydrogen) atoms. The number of hydrogen-bond donors (Lipinski definition) is 0. The molecule has 3 aromatic rings. The van der Waals surface area contributed by atoms with Crippen LogP contribution in [-0.2, 0) is 10.9 Å². The highest BCUT2D eigenvalue weighted by Crippen LogP contribution is 2.33. The summed E-state index contributed by atoms with van der Waals surface area (Å²) in [5.74, 6) is -0.302. The Hall–Kier alpha value is -2.80. The van der Waals surface area contributed by atoms with Crippen molar-refractivity contribution in [2.24, 2.45) is 0 Å². The Bertz CT molecular complexity index is 916. The van der Waals surface area contributed by atoms with Gasteiger partial charge in [-0.15, -0.1) is 0 Å². The summed E-state index contributed by atoms with van der Waals surface area (Å²) in [6, 6.07) is 13.0.